The number of hydrogen-bond donors (Lipinski definition) is 0. The van der Waals surface area contributed by atoms with Gasteiger partial charge in [0.25, 0.3) is 0 Å². The molecule has 0 atom stereocenters. The fourth-order valence-corrected chi connectivity index (χ4v) is 2.26. The van der Waals surface area contributed by atoms with E-state index in [2.05, 4.69) is 0 Å². The predicted molar refractivity (Wildman–Crippen MR) is 92.8 cm³/mol. The molecule has 25 heavy (non-hydrogen) atoms. The summed E-state index contributed by atoms with van der Waals surface area (Å²) in [5.41, 5.74) is 0.842. The van der Waals surface area contributed by atoms with Gasteiger partial charge in [0.1, 0.15) is 18.2 Å². The SMILES string of the molecule is COc1ccc(CC(=O)N(C)CCOc2ccc(F)cc2)cc1OC. The van der Waals surface area contributed by atoms with E-state index in [9.17, 15) is 9.18 Å². The van der Waals surface area contributed by atoms with E-state index in [4.69, 9.17) is 14.2 Å². The van der Waals surface area contributed by atoms with Crippen molar-refractivity contribution in [1.82, 2.24) is 4.90 Å². The molecule has 2 aromatic rings. The summed E-state index contributed by atoms with van der Waals surface area (Å²) in [4.78, 5) is 13.9. The summed E-state index contributed by atoms with van der Waals surface area (Å²) in [5, 5.41) is 0. The maximum atomic E-state index is 12.8. The average Bonchev–Trinajstić information content (AvgIpc) is 2.63. The van der Waals surface area contributed by atoms with Gasteiger partial charge in [0.15, 0.2) is 11.5 Å². The molecule has 5 nitrogen and oxygen atoms in total. The molecular formula is C19H22FNO4. The minimum absolute atomic E-state index is 0.0325. The zero-order valence-corrected chi connectivity index (χ0v) is 14.6. The first-order valence-corrected chi connectivity index (χ1v) is 7.86. The highest BCUT2D eigenvalue weighted by molar-refractivity contribution is 5.78. The van der Waals surface area contributed by atoms with Gasteiger partial charge < -0.3 is 19.1 Å². The zero-order valence-electron chi connectivity index (χ0n) is 14.6. The van der Waals surface area contributed by atoms with Crippen molar-refractivity contribution in [1.29, 1.82) is 0 Å². The van der Waals surface area contributed by atoms with Crippen LogP contribution in [0.15, 0.2) is 42.5 Å². The molecule has 0 aliphatic carbocycles. The molecule has 0 radical (unpaired) electrons. The highest BCUT2D eigenvalue weighted by Crippen LogP contribution is 2.27. The van der Waals surface area contributed by atoms with Gasteiger partial charge in [-0.25, -0.2) is 4.39 Å². The highest BCUT2D eigenvalue weighted by atomic mass is 19.1. The number of rotatable bonds is 8. The molecule has 0 N–H and O–H groups in total. The van der Waals surface area contributed by atoms with Crippen molar-refractivity contribution in [2.24, 2.45) is 0 Å². The first kappa shape index (κ1) is 18.6. The Balaban J connectivity index is 1.84. The van der Waals surface area contributed by atoms with Crippen LogP contribution in [0, 0.1) is 5.82 Å². The smallest absolute Gasteiger partial charge is 0.226 e. The lowest BCUT2D eigenvalue weighted by Crippen LogP contribution is -2.32. The Morgan fingerprint density at radius 1 is 1.04 bits per heavy atom. The number of carbonyl (C=O) groups is 1. The number of ether oxygens (including phenoxy) is 3. The minimum Gasteiger partial charge on any atom is -0.493 e. The lowest BCUT2D eigenvalue weighted by Gasteiger charge is -2.18. The second-order valence-electron chi connectivity index (χ2n) is 5.48. The van der Waals surface area contributed by atoms with Crippen LogP contribution < -0.4 is 14.2 Å². The standard InChI is InChI=1S/C19H22FNO4/c1-21(10-11-25-16-7-5-15(20)6-8-16)19(22)13-14-4-9-17(23-2)18(12-14)24-3/h4-9,12H,10-11,13H2,1-3H3. The highest BCUT2D eigenvalue weighted by Gasteiger charge is 2.12. The molecule has 1 amide bonds. The van der Waals surface area contributed by atoms with Gasteiger partial charge in [-0.2, -0.15) is 0 Å². The number of halogens is 1. The summed E-state index contributed by atoms with van der Waals surface area (Å²) in [6.07, 6.45) is 0.257. The number of hydrogen-bond acceptors (Lipinski definition) is 4. The Morgan fingerprint density at radius 3 is 2.36 bits per heavy atom. The van der Waals surface area contributed by atoms with Gasteiger partial charge >= 0.3 is 0 Å². The monoisotopic (exact) mass is 347 g/mol. The lowest BCUT2D eigenvalue weighted by atomic mass is 10.1. The number of methoxy groups -OCH3 is 2. The van der Waals surface area contributed by atoms with E-state index in [-0.39, 0.29) is 18.1 Å². The van der Waals surface area contributed by atoms with Gasteiger partial charge in [0, 0.05) is 7.05 Å². The van der Waals surface area contributed by atoms with Crippen LogP contribution in [0.4, 0.5) is 4.39 Å². The largest absolute Gasteiger partial charge is 0.493 e. The van der Waals surface area contributed by atoms with Gasteiger partial charge in [-0.3, -0.25) is 4.79 Å². The summed E-state index contributed by atoms with van der Waals surface area (Å²) in [5.74, 6) is 1.45. The number of likely N-dealkylation sites (N-methyl/N-ethyl adjacent to an activating group) is 1. The van der Waals surface area contributed by atoms with Gasteiger partial charge in [0.2, 0.25) is 5.91 Å². The quantitative estimate of drug-likeness (QED) is 0.737. The van der Waals surface area contributed by atoms with Crippen LogP contribution in [-0.2, 0) is 11.2 Å². The predicted octanol–water partition coefficient (Wildman–Crippen LogP) is 2.92. The topological polar surface area (TPSA) is 48.0 Å². The third-order valence-corrected chi connectivity index (χ3v) is 3.74. The van der Waals surface area contributed by atoms with Crippen molar-refractivity contribution in [3.63, 3.8) is 0 Å². The van der Waals surface area contributed by atoms with Crippen molar-refractivity contribution in [3.05, 3.63) is 53.8 Å². The van der Waals surface area contributed by atoms with Crippen molar-refractivity contribution < 1.29 is 23.4 Å². The van der Waals surface area contributed by atoms with E-state index >= 15 is 0 Å². The fourth-order valence-electron chi connectivity index (χ4n) is 2.26. The molecule has 0 aliphatic heterocycles. The molecule has 0 saturated heterocycles. The maximum absolute atomic E-state index is 12.8. The molecule has 2 rings (SSSR count). The molecule has 0 fully saturated rings. The van der Waals surface area contributed by atoms with Crippen LogP contribution in [0.3, 0.4) is 0 Å². The van der Waals surface area contributed by atoms with Crippen LogP contribution >= 0.6 is 0 Å². The molecule has 0 aliphatic rings. The first-order valence-electron chi connectivity index (χ1n) is 7.86. The van der Waals surface area contributed by atoms with Crippen LogP contribution in [-0.4, -0.2) is 45.2 Å². The third kappa shape index (κ3) is 5.38. The van der Waals surface area contributed by atoms with Crippen molar-refractivity contribution in [2.75, 3.05) is 34.4 Å². The molecule has 0 spiro atoms. The van der Waals surface area contributed by atoms with E-state index < -0.39 is 0 Å². The Kier molecular flexibility index (Phi) is 6.62. The Hall–Kier alpha value is -2.76. The van der Waals surface area contributed by atoms with E-state index in [1.807, 2.05) is 6.07 Å². The van der Waals surface area contributed by atoms with E-state index in [0.29, 0.717) is 30.4 Å². The Morgan fingerprint density at radius 2 is 1.72 bits per heavy atom. The molecule has 0 aromatic heterocycles. The zero-order chi connectivity index (χ0) is 18.2. The van der Waals surface area contributed by atoms with E-state index in [1.54, 1.807) is 50.4 Å². The van der Waals surface area contributed by atoms with Crippen molar-refractivity contribution in [3.8, 4) is 17.2 Å². The molecule has 6 heteroatoms. The fraction of sp³-hybridized carbons (Fsp3) is 0.316. The molecule has 134 valence electrons. The molecule has 0 saturated carbocycles. The number of nitrogens with zero attached hydrogens (tertiary/aromatic N) is 1. The average molecular weight is 347 g/mol. The second-order valence-corrected chi connectivity index (χ2v) is 5.48. The van der Waals surface area contributed by atoms with Gasteiger partial charge in [-0.15, -0.1) is 0 Å². The summed E-state index contributed by atoms with van der Waals surface area (Å²) < 4.78 is 28.8. The normalized spacial score (nSPS) is 10.2. The van der Waals surface area contributed by atoms with Crippen LogP contribution in [0.1, 0.15) is 5.56 Å². The van der Waals surface area contributed by atoms with E-state index in [1.165, 1.54) is 12.1 Å². The summed E-state index contributed by atoms with van der Waals surface area (Å²) >= 11 is 0. The van der Waals surface area contributed by atoms with Gasteiger partial charge in [0.05, 0.1) is 27.2 Å². The van der Waals surface area contributed by atoms with E-state index in [0.717, 1.165) is 5.56 Å². The molecule has 2 aromatic carbocycles. The van der Waals surface area contributed by atoms with Gasteiger partial charge in [-0.1, -0.05) is 6.07 Å². The summed E-state index contributed by atoms with van der Waals surface area (Å²) in [6.45, 7) is 0.767. The van der Waals surface area contributed by atoms with Gasteiger partial charge in [-0.05, 0) is 42.0 Å². The Bertz CT molecular complexity index is 703. The Labute approximate surface area is 146 Å². The molecular weight excluding hydrogens is 325 g/mol. The van der Waals surface area contributed by atoms with Crippen LogP contribution in [0.5, 0.6) is 17.2 Å². The third-order valence-electron chi connectivity index (χ3n) is 3.74. The lowest BCUT2D eigenvalue weighted by molar-refractivity contribution is -0.129. The minimum atomic E-state index is -0.311. The molecule has 0 bridgehead atoms. The number of carbonyl (C=O) groups excluding carboxylic acids is 1. The second kappa shape index (κ2) is 8.92. The maximum Gasteiger partial charge on any atom is 0.226 e. The van der Waals surface area contributed by atoms with Crippen molar-refractivity contribution in [2.45, 2.75) is 6.42 Å². The number of amides is 1. The van der Waals surface area contributed by atoms with Crippen LogP contribution in [0.25, 0.3) is 0 Å². The van der Waals surface area contributed by atoms with Crippen LogP contribution in [0.2, 0.25) is 0 Å². The first-order chi connectivity index (χ1) is 12.0. The molecule has 0 unspecified atom stereocenters. The summed E-state index contributed by atoms with van der Waals surface area (Å²) in [6, 6.07) is 11.2. The molecule has 0 heterocycles. The summed E-state index contributed by atoms with van der Waals surface area (Å²) in [7, 11) is 4.84. The number of benzene rings is 2. The van der Waals surface area contributed by atoms with Crippen molar-refractivity contribution >= 4 is 5.91 Å².